The van der Waals surface area contributed by atoms with Crippen LogP contribution < -0.4 is 15.1 Å². The SMILES string of the molecule is O=C(COC(=O)C1=NN(c2ccccc2)C(=O)CC1)Nc1ccccc1OC(F)F. The molecule has 0 unspecified atom stereocenters. The highest BCUT2D eigenvalue weighted by Crippen LogP contribution is 2.25. The van der Waals surface area contributed by atoms with Gasteiger partial charge in [0.15, 0.2) is 6.61 Å². The molecule has 156 valence electrons. The van der Waals surface area contributed by atoms with Gasteiger partial charge in [-0.05, 0) is 24.3 Å². The second-order valence-electron chi connectivity index (χ2n) is 6.09. The number of anilines is 2. The van der Waals surface area contributed by atoms with E-state index in [1.54, 1.807) is 30.3 Å². The molecule has 2 aromatic rings. The molecule has 1 aliphatic rings. The fourth-order valence-electron chi connectivity index (χ4n) is 2.64. The smallest absolute Gasteiger partial charge is 0.387 e. The predicted molar refractivity (Wildman–Crippen MR) is 103 cm³/mol. The van der Waals surface area contributed by atoms with Crippen LogP contribution in [0.3, 0.4) is 0 Å². The average molecular weight is 417 g/mol. The van der Waals surface area contributed by atoms with Crippen LogP contribution in [0.25, 0.3) is 0 Å². The van der Waals surface area contributed by atoms with Gasteiger partial charge in [-0.2, -0.15) is 13.9 Å². The zero-order valence-corrected chi connectivity index (χ0v) is 15.6. The maximum Gasteiger partial charge on any atom is 0.387 e. The van der Waals surface area contributed by atoms with Gasteiger partial charge < -0.3 is 14.8 Å². The van der Waals surface area contributed by atoms with Crippen LogP contribution in [0.1, 0.15) is 12.8 Å². The van der Waals surface area contributed by atoms with Crippen LogP contribution in [-0.2, 0) is 19.1 Å². The second-order valence-corrected chi connectivity index (χ2v) is 6.09. The van der Waals surface area contributed by atoms with Gasteiger partial charge in [-0.1, -0.05) is 30.3 Å². The Bertz CT molecular complexity index is 966. The number of para-hydroxylation sites is 3. The molecular weight excluding hydrogens is 400 g/mol. The van der Waals surface area contributed by atoms with Gasteiger partial charge in [0.2, 0.25) is 5.91 Å². The van der Waals surface area contributed by atoms with E-state index in [2.05, 4.69) is 15.2 Å². The minimum absolute atomic E-state index is 0.00677. The maximum atomic E-state index is 12.4. The molecule has 0 aliphatic carbocycles. The molecule has 3 rings (SSSR count). The Morgan fingerprint density at radius 2 is 1.77 bits per heavy atom. The predicted octanol–water partition coefficient (Wildman–Crippen LogP) is 2.95. The maximum absolute atomic E-state index is 12.4. The van der Waals surface area contributed by atoms with Crippen molar-refractivity contribution in [3.8, 4) is 5.75 Å². The number of rotatable bonds is 7. The standard InChI is InChI=1S/C20H17F2N3O5/c21-20(22)30-16-9-5-4-8-14(16)23-17(26)12-29-19(28)15-10-11-18(27)25(24-15)13-6-2-1-3-7-13/h1-9,20H,10-12H2,(H,23,26). The molecule has 0 atom stereocenters. The van der Waals surface area contributed by atoms with Gasteiger partial charge in [0.25, 0.3) is 5.91 Å². The van der Waals surface area contributed by atoms with Crippen LogP contribution in [0, 0.1) is 0 Å². The lowest BCUT2D eigenvalue weighted by Crippen LogP contribution is -2.35. The van der Waals surface area contributed by atoms with E-state index in [0.29, 0.717) is 5.69 Å². The number of esters is 1. The third-order valence-corrected chi connectivity index (χ3v) is 3.98. The van der Waals surface area contributed by atoms with Crippen molar-refractivity contribution in [2.75, 3.05) is 16.9 Å². The minimum atomic E-state index is -3.06. The van der Waals surface area contributed by atoms with Crippen molar-refractivity contribution >= 4 is 34.9 Å². The van der Waals surface area contributed by atoms with Crippen LogP contribution in [0.2, 0.25) is 0 Å². The van der Waals surface area contributed by atoms with Crippen molar-refractivity contribution in [1.82, 2.24) is 0 Å². The quantitative estimate of drug-likeness (QED) is 0.699. The van der Waals surface area contributed by atoms with Gasteiger partial charge in [-0.25, -0.2) is 9.80 Å². The molecule has 2 amide bonds. The van der Waals surface area contributed by atoms with E-state index < -0.39 is 25.1 Å². The summed E-state index contributed by atoms with van der Waals surface area (Å²) in [4.78, 5) is 36.4. The third-order valence-electron chi connectivity index (χ3n) is 3.98. The van der Waals surface area contributed by atoms with Gasteiger partial charge in [-0.3, -0.25) is 9.59 Å². The molecule has 1 N–H and O–H groups in total. The summed E-state index contributed by atoms with van der Waals surface area (Å²) in [5.74, 6) is -2.09. The van der Waals surface area contributed by atoms with Crippen LogP contribution in [0.4, 0.5) is 20.2 Å². The largest absolute Gasteiger partial charge is 0.451 e. The highest BCUT2D eigenvalue weighted by molar-refractivity contribution is 6.38. The van der Waals surface area contributed by atoms with E-state index in [-0.39, 0.29) is 35.9 Å². The fraction of sp³-hybridized carbons (Fsp3) is 0.200. The highest BCUT2D eigenvalue weighted by atomic mass is 19.3. The van der Waals surface area contributed by atoms with Gasteiger partial charge >= 0.3 is 12.6 Å². The molecule has 0 bridgehead atoms. The molecule has 10 heteroatoms. The number of alkyl halides is 2. The molecule has 0 aromatic heterocycles. The Hall–Kier alpha value is -3.82. The number of halogens is 2. The summed E-state index contributed by atoms with van der Waals surface area (Å²) in [6, 6.07) is 14.2. The second kappa shape index (κ2) is 9.59. The molecule has 2 aromatic carbocycles. The number of hydrogen-bond acceptors (Lipinski definition) is 6. The Balaban J connectivity index is 1.60. The van der Waals surface area contributed by atoms with E-state index in [1.165, 1.54) is 24.3 Å². The summed E-state index contributed by atoms with van der Waals surface area (Å²) in [7, 11) is 0. The highest BCUT2D eigenvalue weighted by Gasteiger charge is 2.26. The number of hydrazone groups is 1. The first-order chi connectivity index (χ1) is 14.4. The number of carbonyl (C=O) groups excluding carboxylic acids is 3. The summed E-state index contributed by atoms with van der Waals surface area (Å²) in [6.07, 6.45) is 0.140. The van der Waals surface area contributed by atoms with Crippen LogP contribution in [0.15, 0.2) is 59.7 Å². The molecule has 0 saturated heterocycles. The minimum Gasteiger partial charge on any atom is -0.451 e. The molecule has 0 radical (unpaired) electrons. The molecule has 1 aliphatic heterocycles. The molecule has 8 nitrogen and oxygen atoms in total. The lowest BCUT2D eigenvalue weighted by molar-refractivity contribution is -0.140. The molecule has 1 heterocycles. The zero-order valence-electron chi connectivity index (χ0n) is 15.6. The van der Waals surface area contributed by atoms with E-state index in [4.69, 9.17) is 4.74 Å². The first-order valence-electron chi connectivity index (χ1n) is 8.90. The van der Waals surface area contributed by atoms with Crippen molar-refractivity contribution in [3.63, 3.8) is 0 Å². The van der Waals surface area contributed by atoms with E-state index in [0.717, 1.165) is 5.01 Å². The summed E-state index contributed by atoms with van der Waals surface area (Å²) in [6.45, 7) is -3.72. The van der Waals surface area contributed by atoms with Crippen molar-refractivity contribution in [3.05, 3.63) is 54.6 Å². The summed E-state index contributed by atoms with van der Waals surface area (Å²) in [5, 5.41) is 7.48. The number of nitrogens with zero attached hydrogens (tertiary/aromatic N) is 2. The van der Waals surface area contributed by atoms with Gasteiger partial charge in [0.1, 0.15) is 11.5 Å². The number of benzene rings is 2. The molecule has 0 spiro atoms. The van der Waals surface area contributed by atoms with E-state index in [1.807, 2.05) is 0 Å². The Morgan fingerprint density at radius 1 is 1.07 bits per heavy atom. The lowest BCUT2D eigenvalue weighted by atomic mass is 10.1. The van der Waals surface area contributed by atoms with Crippen molar-refractivity contribution < 1.29 is 32.6 Å². The van der Waals surface area contributed by atoms with Crippen LogP contribution >= 0.6 is 0 Å². The number of nitrogens with one attached hydrogen (secondary N) is 1. The third kappa shape index (κ3) is 5.37. The van der Waals surface area contributed by atoms with E-state index in [9.17, 15) is 23.2 Å². The van der Waals surface area contributed by atoms with Crippen LogP contribution in [0.5, 0.6) is 5.75 Å². The summed E-state index contributed by atoms with van der Waals surface area (Å²) in [5.41, 5.74) is 0.503. The first-order valence-corrected chi connectivity index (χ1v) is 8.90. The van der Waals surface area contributed by atoms with Crippen molar-refractivity contribution in [2.24, 2.45) is 5.10 Å². The molecule has 0 fully saturated rings. The van der Waals surface area contributed by atoms with E-state index >= 15 is 0 Å². The zero-order chi connectivity index (χ0) is 21.5. The fourth-order valence-corrected chi connectivity index (χ4v) is 2.64. The van der Waals surface area contributed by atoms with Crippen molar-refractivity contribution in [1.29, 1.82) is 0 Å². The van der Waals surface area contributed by atoms with Gasteiger partial charge in [0, 0.05) is 12.8 Å². The number of carbonyl (C=O) groups is 3. The molecular formula is C20H17F2N3O5. The van der Waals surface area contributed by atoms with Gasteiger partial charge in [-0.15, -0.1) is 0 Å². The summed E-state index contributed by atoms with van der Waals surface area (Å²) >= 11 is 0. The number of ether oxygens (including phenoxy) is 2. The molecule has 30 heavy (non-hydrogen) atoms. The normalized spacial score (nSPS) is 13.6. The number of amides is 2. The topological polar surface area (TPSA) is 97.3 Å². The Morgan fingerprint density at radius 3 is 2.50 bits per heavy atom. The summed E-state index contributed by atoms with van der Waals surface area (Å²) < 4.78 is 34.1. The Kier molecular flexibility index (Phi) is 6.68. The monoisotopic (exact) mass is 417 g/mol. The Labute approximate surface area is 170 Å². The average Bonchev–Trinajstić information content (AvgIpc) is 2.74. The molecule has 0 saturated carbocycles. The number of hydrogen-bond donors (Lipinski definition) is 1. The first kappa shape index (κ1) is 20.9. The van der Waals surface area contributed by atoms with Gasteiger partial charge in [0.05, 0.1) is 11.4 Å². The lowest BCUT2D eigenvalue weighted by Gasteiger charge is -2.22. The van der Waals surface area contributed by atoms with Crippen LogP contribution in [-0.4, -0.2) is 36.7 Å². The van der Waals surface area contributed by atoms with Crippen molar-refractivity contribution in [2.45, 2.75) is 19.5 Å².